The second kappa shape index (κ2) is 4.28. The molecule has 10 heavy (non-hydrogen) atoms. The van der Waals surface area contributed by atoms with Crippen LogP contribution < -0.4 is 5.32 Å². The summed E-state index contributed by atoms with van der Waals surface area (Å²) in [6.07, 6.45) is 0.887. The van der Waals surface area contributed by atoms with Crippen LogP contribution in [0.5, 0.6) is 0 Å². The van der Waals surface area contributed by atoms with Crippen molar-refractivity contribution in [2.75, 3.05) is 7.05 Å². The lowest BCUT2D eigenvalue weighted by Crippen LogP contribution is -2.39. The molecule has 0 aliphatic carbocycles. The maximum absolute atomic E-state index is 10.5. The van der Waals surface area contributed by atoms with Crippen LogP contribution in [0.3, 0.4) is 0 Å². The summed E-state index contributed by atoms with van der Waals surface area (Å²) in [6.45, 7) is 3.91. The molecule has 0 aliphatic rings. The van der Waals surface area contributed by atoms with Crippen molar-refractivity contribution >= 4 is 5.97 Å². The molecule has 3 heteroatoms. The van der Waals surface area contributed by atoms with Crippen LogP contribution in [-0.4, -0.2) is 24.2 Å². The molecule has 0 radical (unpaired) electrons. The summed E-state index contributed by atoms with van der Waals surface area (Å²) < 4.78 is 0. The highest BCUT2D eigenvalue weighted by molar-refractivity contribution is 5.73. The second-order valence-corrected chi connectivity index (χ2v) is 2.49. The van der Waals surface area contributed by atoms with Crippen LogP contribution in [0.15, 0.2) is 0 Å². The van der Waals surface area contributed by atoms with Crippen LogP contribution in [-0.2, 0) is 4.79 Å². The molecule has 0 bridgehead atoms. The summed E-state index contributed by atoms with van der Waals surface area (Å²) in [5.41, 5.74) is 0. The molecule has 0 saturated heterocycles. The molecular formula is C7H15NO2. The fraction of sp³-hybridized carbons (Fsp3) is 0.857. The first kappa shape index (κ1) is 9.43. The van der Waals surface area contributed by atoms with Gasteiger partial charge in [0.1, 0.15) is 6.04 Å². The van der Waals surface area contributed by atoms with Gasteiger partial charge >= 0.3 is 5.97 Å². The van der Waals surface area contributed by atoms with E-state index in [1.807, 2.05) is 13.8 Å². The lowest BCUT2D eigenvalue weighted by Gasteiger charge is -2.16. The van der Waals surface area contributed by atoms with Gasteiger partial charge in [-0.3, -0.25) is 4.79 Å². The monoisotopic (exact) mass is 145 g/mol. The predicted molar refractivity (Wildman–Crippen MR) is 39.9 cm³/mol. The minimum atomic E-state index is -0.767. The molecule has 1 unspecified atom stereocenters. The number of rotatable bonds is 4. The zero-order valence-corrected chi connectivity index (χ0v) is 6.72. The van der Waals surface area contributed by atoms with Crippen molar-refractivity contribution in [3.05, 3.63) is 0 Å². The number of carboxylic acid groups (broad SMARTS) is 1. The average Bonchev–Trinajstić information content (AvgIpc) is 1.88. The van der Waals surface area contributed by atoms with E-state index in [0.29, 0.717) is 0 Å². The Labute approximate surface area is 61.4 Å². The smallest absolute Gasteiger partial charge is 0.320 e. The SMILES string of the molecule is CC[C@H](C)C(NC)C(=O)O. The Balaban J connectivity index is 3.92. The van der Waals surface area contributed by atoms with Gasteiger partial charge in [-0.15, -0.1) is 0 Å². The predicted octanol–water partition coefficient (Wildman–Crippen LogP) is 0.705. The number of nitrogens with one attached hydrogen (secondary N) is 1. The molecule has 0 aromatic rings. The molecule has 3 nitrogen and oxygen atoms in total. The van der Waals surface area contributed by atoms with Crippen molar-refractivity contribution in [2.45, 2.75) is 26.3 Å². The van der Waals surface area contributed by atoms with E-state index in [1.54, 1.807) is 7.05 Å². The van der Waals surface area contributed by atoms with Gasteiger partial charge in [0.05, 0.1) is 0 Å². The lowest BCUT2D eigenvalue weighted by molar-refractivity contribution is -0.140. The normalized spacial score (nSPS) is 16.3. The Morgan fingerprint density at radius 1 is 1.70 bits per heavy atom. The van der Waals surface area contributed by atoms with Gasteiger partial charge in [0.25, 0.3) is 0 Å². The first-order chi connectivity index (χ1) is 4.63. The summed E-state index contributed by atoms with van der Waals surface area (Å²) in [6, 6.07) is -0.398. The van der Waals surface area contributed by atoms with E-state index in [1.165, 1.54) is 0 Å². The molecule has 2 atom stereocenters. The average molecular weight is 145 g/mol. The van der Waals surface area contributed by atoms with Crippen LogP contribution >= 0.6 is 0 Å². The number of carboxylic acids is 1. The van der Waals surface area contributed by atoms with Crippen LogP contribution in [0, 0.1) is 5.92 Å². The standard InChI is InChI=1S/C7H15NO2/c1-4-5(2)6(8-3)7(9)10/h5-6,8H,4H2,1-3H3,(H,9,10)/t5-,6?/m0/s1. The van der Waals surface area contributed by atoms with E-state index < -0.39 is 12.0 Å². The largest absolute Gasteiger partial charge is 0.480 e. The molecule has 0 saturated carbocycles. The van der Waals surface area contributed by atoms with Gasteiger partial charge in [-0.1, -0.05) is 20.3 Å². The molecule has 0 aliphatic heterocycles. The Hall–Kier alpha value is -0.570. The molecule has 0 amide bonds. The number of aliphatic carboxylic acids is 1. The Bertz CT molecular complexity index is 114. The summed E-state index contributed by atoms with van der Waals surface area (Å²) in [5, 5.41) is 11.4. The van der Waals surface area contributed by atoms with Gasteiger partial charge in [-0.25, -0.2) is 0 Å². The van der Waals surface area contributed by atoms with Crippen molar-refractivity contribution in [1.82, 2.24) is 5.32 Å². The fourth-order valence-corrected chi connectivity index (χ4v) is 0.887. The highest BCUT2D eigenvalue weighted by Crippen LogP contribution is 2.06. The maximum atomic E-state index is 10.5. The van der Waals surface area contributed by atoms with Gasteiger partial charge in [-0.2, -0.15) is 0 Å². The lowest BCUT2D eigenvalue weighted by atomic mass is 10.00. The van der Waals surface area contributed by atoms with E-state index in [2.05, 4.69) is 5.32 Å². The minimum absolute atomic E-state index is 0.197. The first-order valence-corrected chi connectivity index (χ1v) is 3.53. The first-order valence-electron chi connectivity index (χ1n) is 3.53. The number of hydrogen-bond acceptors (Lipinski definition) is 2. The number of likely N-dealkylation sites (N-methyl/N-ethyl adjacent to an activating group) is 1. The Kier molecular flexibility index (Phi) is 4.03. The molecule has 0 aromatic carbocycles. The number of hydrogen-bond donors (Lipinski definition) is 2. The van der Waals surface area contributed by atoms with Crippen LogP contribution in [0.4, 0.5) is 0 Å². The summed E-state index contributed by atoms with van der Waals surface area (Å²) in [4.78, 5) is 10.5. The summed E-state index contributed by atoms with van der Waals surface area (Å²) in [5.74, 6) is -0.570. The molecule has 0 heterocycles. The van der Waals surface area contributed by atoms with Crippen molar-refractivity contribution in [3.8, 4) is 0 Å². The van der Waals surface area contributed by atoms with E-state index in [4.69, 9.17) is 5.11 Å². The zero-order chi connectivity index (χ0) is 8.15. The summed E-state index contributed by atoms with van der Waals surface area (Å²) in [7, 11) is 1.67. The molecule has 0 fully saturated rings. The third-order valence-corrected chi connectivity index (χ3v) is 1.79. The van der Waals surface area contributed by atoms with Crippen LogP contribution in [0.25, 0.3) is 0 Å². The number of carbonyl (C=O) groups is 1. The molecule has 0 aromatic heterocycles. The van der Waals surface area contributed by atoms with E-state index in [9.17, 15) is 4.79 Å². The molecule has 60 valence electrons. The third kappa shape index (κ3) is 2.35. The van der Waals surface area contributed by atoms with E-state index in [-0.39, 0.29) is 5.92 Å². The maximum Gasteiger partial charge on any atom is 0.320 e. The fourth-order valence-electron chi connectivity index (χ4n) is 0.887. The van der Waals surface area contributed by atoms with Crippen molar-refractivity contribution in [2.24, 2.45) is 5.92 Å². The van der Waals surface area contributed by atoms with E-state index >= 15 is 0 Å². The van der Waals surface area contributed by atoms with Crippen molar-refractivity contribution < 1.29 is 9.90 Å². The molecule has 0 spiro atoms. The highest BCUT2D eigenvalue weighted by Gasteiger charge is 2.20. The molecule has 0 rings (SSSR count). The second-order valence-electron chi connectivity index (χ2n) is 2.49. The van der Waals surface area contributed by atoms with Gasteiger partial charge < -0.3 is 10.4 Å². The van der Waals surface area contributed by atoms with Gasteiger partial charge in [0.15, 0.2) is 0 Å². The highest BCUT2D eigenvalue weighted by atomic mass is 16.4. The quantitative estimate of drug-likeness (QED) is 0.612. The third-order valence-electron chi connectivity index (χ3n) is 1.79. The zero-order valence-electron chi connectivity index (χ0n) is 6.72. The van der Waals surface area contributed by atoms with Crippen molar-refractivity contribution in [1.29, 1.82) is 0 Å². The van der Waals surface area contributed by atoms with Crippen molar-refractivity contribution in [3.63, 3.8) is 0 Å². The summed E-state index contributed by atoms with van der Waals surface area (Å²) >= 11 is 0. The van der Waals surface area contributed by atoms with Crippen LogP contribution in [0.2, 0.25) is 0 Å². The molecule has 2 N–H and O–H groups in total. The minimum Gasteiger partial charge on any atom is -0.480 e. The molecular weight excluding hydrogens is 130 g/mol. The Morgan fingerprint density at radius 2 is 2.20 bits per heavy atom. The topological polar surface area (TPSA) is 49.3 Å². The Morgan fingerprint density at radius 3 is 2.30 bits per heavy atom. The van der Waals surface area contributed by atoms with Crippen LogP contribution in [0.1, 0.15) is 20.3 Å². The van der Waals surface area contributed by atoms with Gasteiger partial charge in [-0.05, 0) is 13.0 Å². The van der Waals surface area contributed by atoms with Gasteiger partial charge in [0.2, 0.25) is 0 Å². The van der Waals surface area contributed by atoms with Gasteiger partial charge in [0, 0.05) is 0 Å². The van der Waals surface area contributed by atoms with E-state index in [0.717, 1.165) is 6.42 Å².